The Bertz CT molecular complexity index is 152. The molecule has 1 nitrogen and oxygen atoms in total. The van der Waals surface area contributed by atoms with E-state index >= 15 is 0 Å². The van der Waals surface area contributed by atoms with Gasteiger partial charge in [0.1, 0.15) is 0 Å². The molecule has 0 unspecified atom stereocenters. The first-order valence-electron chi connectivity index (χ1n) is 3.51. The van der Waals surface area contributed by atoms with Crippen LogP contribution in [0, 0.1) is 0 Å². The van der Waals surface area contributed by atoms with Crippen LogP contribution in [0.25, 0.3) is 0 Å². The molecule has 1 heteroatoms. The molecule has 0 heterocycles. The van der Waals surface area contributed by atoms with Gasteiger partial charge in [0.25, 0.3) is 0 Å². The van der Waals surface area contributed by atoms with Crippen molar-refractivity contribution in [3.05, 3.63) is 24.3 Å². The zero-order valence-electron chi connectivity index (χ0n) is 6.96. The van der Waals surface area contributed by atoms with Crippen LogP contribution in [0.2, 0.25) is 0 Å². The van der Waals surface area contributed by atoms with Gasteiger partial charge in [-0.1, -0.05) is 24.3 Å². The highest BCUT2D eigenvalue weighted by Gasteiger charge is 1.80. The van der Waals surface area contributed by atoms with Gasteiger partial charge in [-0.25, -0.2) is 0 Å². The summed E-state index contributed by atoms with van der Waals surface area (Å²) in [5.74, 6) is 0. The van der Waals surface area contributed by atoms with E-state index in [-0.39, 0.29) is 0 Å². The van der Waals surface area contributed by atoms with Crippen molar-refractivity contribution in [3.8, 4) is 0 Å². The van der Waals surface area contributed by atoms with E-state index in [4.69, 9.17) is 0 Å². The van der Waals surface area contributed by atoms with Crippen LogP contribution in [0.1, 0.15) is 20.3 Å². The van der Waals surface area contributed by atoms with Gasteiger partial charge in [0.05, 0.1) is 0 Å². The summed E-state index contributed by atoms with van der Waals surface area (Å²) in [5, 5.41) is 0. The summed E-state index contributed by atoms with van der Waals surface area (Å²) in [6.45, 7) is 4.03. The van der Waals surface area contributed by atoms with Crippen LogP contribution in [0.4, 0.5) is 0 Å². The molecule has 0 bridgehead atoms. The van der Waals surface area contributed by atoms with E-state index in [1.165, 1.54) is 5.71 Å². The van der Waals surface area contributed by atoms with Crippen molar-refractivity contribution >= 4 is 5.71 Å². The molecule has 0 atom stereocenters. The number of nitrogens with zero attached hydrogens (tertiary/aromatic N) is 1. The van der Waals surface area contributed by atoms with Gasteiger partial charge in [0.15, 0.2) is 0 Å². The molecule has 0 aliphatic heterocycles. The van der Waals surface area contributed by atoms with Crippen molar-refractivity contribution in [1.29, 1.82) is 0 Å². The number of allylic oxidation sites excluding steroid dienone is 4. The highest BCUT2D eigenvalue weighted by molar-refractivity contribution is 5.83. The third-order valence-electron chi connectivity index (χ3n) is 1.23. The van der Waals surface area contributed by atoms with Crippen molar-refractivity contribution in [2.75, 3.05) is 7.05 Å². The lowest BCUT2D eigenvalue weighted by atomic mass is 10.3. The van der Waals surface area contributed by atoms with Gasteiger partial charge >= 0.3 is 0 Å². The van der Waals surface area contributed by atoms with E-state index in [2.05, 4.69) is 11.1 Å². The lowest BCUT2D eigenvalue weighted by molar-refractivity contribution is 1.33. The number of hydrogen-bond donors (Lipinski definition) is 0. The molecule has 0 spiro atoms. The second-order valence-corrected chi connectivity index (χ2v) is 2.12. The standard InChI is InChI=1S/C9H15N/c1-4-5-6-7-8-9(2)10-3/h4-7H,8H2,1-3H3/b5-4+,7-6+,10-9?. The molecular formula is C9H15N. The number of rotatable bonds is 3. The highest BCUT2D eigenvalue weighted by Crippen LogP contribution is 1.87. The van der Waals surface area contributed by atoms with Gasteiger partial charge in [-0.3, -0.25) is 4.99 Å². The van der Waals surface area contributed by atoms with E-state index in [1.807, 2.05) is 39.1 Å². The third kappa shape index (κ3) is 5.29. The Morgan fingerprint density at radius 1 is 1.40 bits per heavy atom. The van der Waals surface area contributed by atoms with E-state index in [0.717, 1.165) is 6.42 Å². The largest absolute Gasteiger partial charge is 0.297 e. The van der Waals surface area contributed by atoms with Crippen molar-refractivity contribution < 1.29 is 0 Å². The molecule has 0 radical (unpaired) electrons. The van der Waals surface area contributed by atoms with Crippen molar-refractivity contribution in [2.45, 2.75) is 20.3 Å². The fraction of sp³-hybridized carbons (Fsp3) is 0.444. The second kappa shape index (κ2) is 6.27. The Hall–Kier alpha value is -0.850. The van der Waals surface area contributed by atoms with Crippen molar-refractivity contribution in [2.24, 2.45) is 4.99 Å². The zero-order valence-corrected chi connectivity index (χ0v) is 6.96. The Labute approximate surface area is 63.2 Å². The molecule has 56 valence electrons. The summed E-state index contributed by atoms with van der Waals surface area (Å²) in [5.41, 5.74) is 1.17. The first kappa shape index (κ1) is 9.15. The van der Waals surface area contributed by atoms with Crippen LogP contribution in [0.3, 0.4) is 0 Å². The topological polar surface area (TPSA) is 12.4 Å². The molecular weight excluding hydrogens is 122 g/mol. The molecule has 0 aromatic heterocycles. The fourth-order valence-corrected chi connectivity index (χ4v) is 0.520. The molecule has 10 heavy (non-hydrogen) atoms. The Balaban J connectivity index is 3.53. The maximum Gasteiger partial charge on any atom is 0.0276 e. The minimum Gasteiger partial charge on any atom is -0.297 e. The Kier molecular flexibility index (Phi) is 5.74. The van der Waals surface area contributed by atoms with Crippen LogP contribution in [-0.4, -0.2) is 12.8 Å². The summed E-state index contributed by atoms with van der Waals surface area (Å²) in [7, 11) is 1.82. The van der Waals surface area contributed by atoms with Gasteiger partial charge in [-0.2, -0.15) is 0 Å². The summed E-state index contributed by atoms with van der Waals surface area (Å²) in [6.07, 6.45) is 9.12. The summed E-state index contributed by atoms with van der Waals surface area (Å²) in [6, 6.07) is 0. The molecule has 0 rings (SSSR count). The van der Waals surface area contributed by atoms with Gasteiger partial charge < -0.3 is 0 Å². The lowest BCUT2D eigenvalue weighted by Crippen LogP contribution is -1.85. The van der Waals surface area contributed by atoms with Crippen LogP contribution < -0.4 is 0 Å². The summed E-state index contributed by atoms with van der Waals surface area (Å²) < 4.78 is 0. The van der Waals surface area contributed by atoms with Crippen molar-refractivity contribution in [1.82, 2.24) is 0 Å². The maximum atomic E-state index is 4.03. The highest BCUT2D eigenvalue weighted by atomic mass is 14.7. The normalized spacial score (nSPS) is 13.7. The summed E-state index contributed by atoms with van der Waals surface area (Å²) >= 11 is 0. The van der Waals surface area contributed by atoms with Gasteiger partial charge in [0, 0.05) is 19.2 Å². The average Bonchev–Trinajstić information content (AvgIpc) is 1.98. The Morgan fingerprint density at radius 2 is 2.10 bits per heavy atom. The molecule has 0 saturated heterocycles. The molecule has 0 aliphatic rings. The van der Waals surface area contributed by atoms with E-state index < -0.39 is 0 Å². The maximum absolute atomic E-state index is 4.03. The Morgan fingerprint density at radius 3 is 2.60 bits per heavy atom. The predicted octanol–water partition coefficient (Wildman–Crippen LogP) is 2.60. The van der Waals surface area contributed by atoms with Crippen LogP contribution >= 0.6 is 0 Å². The first-order chi connectivity index (χ1) is 4.81. The van der Waals surface area contributed by atoms with E-state index in [1.54, 1.807) is 0 Å². The van der Waals surface area contributed by atoms with Gasteiger partial charge in [-0.05, 0) is 13.8 Å². The lowest BCUT2D eigenvalue weighted by Gasteiger charge is -1.88. The second-order valence-electron chi connectivity index (χ2n) is 2.12. The monoisotopic (exact) mass is 137 g/mol. The van der Waals surface area contributed by atoms with Gasteiger partial charge in [0.2, 0.25) is 0 Å². The molecule has 0 saturated carbocycles. The van der Waals surface area contributed by atoms with Crippen LogP contribution in [0.15, 0.2) is 29.3 Å². The molecule has 0 amide bonds. The summed E-state index contributed by atoms with van der Waals surface area (Å²) in [4.78, 5) is 4.03. The number of hydrogen-bond acceptors (Lipinski definition) is 1. The van der Waals surface area contributed by atoms with E-state index in [9.17, 15) is 0 Å². The van der Waals surface area contributed by atoms with Crippen LogP contribution in [0.5, 0.6) is 0 Å². The molecule has 0 aromatic carbocycles. The third-order valence-corrected chi connectivity index (χ3v) is 1.23. The van der Waals surface area contributed by atoms with Crippen LogP contribution in [-0.2, 0) is 0 Å². The van der Waals surface area contributed by atoms with E-state index in [0.29, 0.717) is 0 Å². The minimum absolute atomic E-state index is 0.959. The molecule has 0 aliphatic carbocycles. The molecule has 0 N–H and O–H groups in total. The smallest absolute Gasteiger partial charge is 0.0276 e. The SMILES string of the molecule is C/C=C/C=C/CC(C)=NC. The quantitative estimate of drug-likeness (QED) is 0.419. The predicted molar refractivity (Wildman–Crippen MR) is 47.6 cm³/mol. The minimum atomic E-state index is 0.959. The van der Waals surface area contributed by atoms with Gasteiger partial charge in [-0.15, -0.1) is 0 Å². The molecule has 0 fully saturated rings. The first-order valence-corrected chi connectivity index (χ1v) is 3.51. The van der Waals surface area contributed by atoms with Crippen molar-refractivity contribution in [3.63, 3.8) is 0 Å². The zero-order chi connectivity index (χ0) is 7.82. The average molecular weight is 137 g/mol. The number of aliphatic imine (C=N–C) groups is 1. The fourth-order valence-electron chi connectivity index (χ4n) is 0.520. The molecule has 0 aromatic rings.